The van der Waals surface area contributed by atoms with E-state index in [-0.39, 0.29) is 17.7 Å². The predicted octanol–water partition coefficient (Wildman–Crippen LogP) is 3.62. The van der Waals surface area contributed by atoms with Crippen molar-refractivity contribution in [1.82, 2.24) is 14.8 Å². The highest BCUT2D eigenvalue weighted by Crippen LogP contribution is 2.38. The van der Waals surface area contributed by atoms with E-state index in [1.54, 1.807) is 12.4 Å². The SMILES string of the molecule is O=C1CCN(C(=O)C(c2ccccc2)C2CCCC2)CCN1Cc1ccncc1. The molecule has 1 aliphatic carbocycles. The van der Waals surface area contributed by atoms with Crippen molar-refractivity contribution >= 4 is 11.8 Å². The van der Waals surface area contributed by atoms with E-state index < -0.39 is 0 Å². The lowest BCUT2D eigenvalue weighted by Crippen LogP contribution is -2.40. The van der Waals surface area contributed by atoms with Crippen LogP contribution in [0.4, 0.5) is 0 Å². The zero-order chi connectivity index (χ0) is 20.1. The van der Waals surface area contributed by atoms with E-state index in [9.17, 15) is 9.59 Å². The van der Waals surface area contributed by atoms with E-state index in [1.807, 2.05) is 40.1 Å². The van der Waals surface area contributed by atoms with Gasteiger partial charge in [-0.15, -0.1) is 0 Å². The van der Waals surface area contributed by atoms with Gasteiger partial charge in [0, 0.05) is 45.0 Å². The van der Waals surface area contributed by atoms with Gasteiger partial charge in [0.05, 0.1) is 5.92 Å². The summed E-state index contributed by atoms with van der Waals surface area (Å²) in [5.74, 6) is 0.647. The number of aromatic nitrogens is 1. The standard InChI is InChI=1S/C24H29N3O2/c28-22-12-15-26(16-17-27(22)18-19-10-13-25-14-11-19)24(29)23(21-8-4-5-9-21)20-6-2-1-3-7-20/h1-3,6-7,10-11,13-14,21,23H,4-5,8-9,12,15-18H2. The number of nitrogens with zero attached hydrogens (tertiary/aromatic N) is 3. The van der Waals surface area contributed by atoms with Gasteiger partial charge in [-0.05, 0) is 42.0 Å². The Bertz CT molecular complexity index is 819. The molecule has 0 N–H and O–H groups in total. The van der Waals surface area contributed by atoms with Crippen LogP contribution in [0.15, 0.2) is 54.9 Å². The molecule has 0 radical (unpaired) electrons. The van der Waals surface area contributed by atoms with E-state index >= 15 is 0 Å². The smallest absolute Gasteiger partial charge is 0.230 e. The molecule has 0 bridgehead atoms. The van der Waals surface area contributed by atoms with Crippen LogP contribution in [0.25, 0.3) is 0 Å². The van der Waals surface area contributed by atoms with Gasteiger partial charge in [-0.2, -0.15) is 0 Å². The van der Waals surface area contributed by atoms with E-state index in [0.717, 1.165) is 24.0 Å². The third kappa shape index (κ3) is 4.66. The first-order valence-corrected chi connectivity index (χ1v) is 10.7. The van der Waals surface area contributed by atoms with Crippen LogP contribution in [0, 0.1) is 5.92 Å². The molecule has 29 heavy (non-hydrogen) atoms. The summed E-state index contributed by atoms with van der Waals surface area (Å²) >= 11 is 0. The Morgan fingerprint density at radius 1 is 1.00 bits per heavy atom. The molecule has 1 aliphatic heterocycles. The molecule has 1 unspecified atom stereocenters. The minimum absolute atomic E-state index is 0.0828. The summed E-state index contributed by atoms with van der Waals surface area (Å²) in [6.07, 6.45) is 8.54. The van der Waals surface area contributed by atoms with E-state index in [2.05, 4.69) is 17.1 Å². The second-order valence-electron chi connectivity index (χ2n) is 8.18. The number of pyridine rings is 1. The van der Waals surface area contributed by atoms with Crippen LogP contribution in [0.5, 0.6) is 0 Å². The van der Waals surface area contributed by atoms with Crippen molar-refractivity contribution in [2.75, 3.05) is 19.6 Å². The van der Waals surface area contributed by atoms with Gasteiger partial charge in [0.25, 0.3) is 0 Å². The molecule has 1 aromatic heterocycles. The fourth-order valence-corrected chi connectivity index (χ4v) is 4.73. The van der Waals surface area contributed by atoms with Crippen LogP contribution < -0.4 is 0 Å². The number of rotatable bonds is 5. The molecule has 2 aliphatic rings. The van der Waals surface area contributed by atoms with Crippen LogP contribution in [-0.4, -0.2) is 46.2 Å². The Balaban J connectivity index is 1.48. The van der Waals surface area contributed by atoms with Crippen LogP contribution in [0.1, 0.15) is 49.1 Å². The largest absolute Gasteiger partial charge is 0.340 e. The van der Waals surface area contributed by atoms with Gasteiger partial charge in [0.1, 0.15) is 0 Å². The van der Waals surface area contributed by atoms with Crippen molar-refractivity contribution in [1.29, 1.82) is 0 Å². The normalized spacial score (nSPS) is 19.2. The zero-order valence-electron chi connectivity index (χ0n) is 16.9. The van der Waals surface area contributed by atoms with Crippen LogP contribution in [0.3, 0.4) is 0 Å². The minimum Gasteiger partial charge on any atom is -0.340 e. The maximum atomic E-state index is 13.6. The van der Waals surface area contributed by atoms with Gasteiger partial charge in [-0.1, -0.05) is 43.2 Å². The van der Waals surface area contributed by atoms with Gasteiger partial charge < -0.3 is 9.80 Å². The number of carbonyl (C=O) groups excluding carboxylic acids is 2. The summed E-state index contributed by atoms with van der Waals surface area (Å²) in [7, 11) is 0. The average Bonchev–Trinajstić information content (AvgIpc) is 3.22. The highest BCUT2D eigenvalue weighted by molar-refractivity contribution is 5.85. The van der Waals surface area contributed by atoms with Gasteiger partial charge in [0.15, 0.2) is 0 Å². The first-order chi connectivity index (χ1) is 14.2. The summed E-state index contributed by atoms with van der Waals surface area (Å²) in [5, 5.41) is 0. The van der Waals surface area contributed by atoms with Crippen molar-refractivity contribution in [3.63, 3.8) is 0 Å². The van der Waals surface area contributed by atoms with Crippen molar-refractivity contribution in [3.8, 4) is 0 Å². The van der Waals surface area contributed by atoms with Crippen molar-refractivity contribution in [2.45, 2.75) is 44.6 Å². The Hall–Kier alpha value is -2.69. The van der Waals surface area contributed by atoms with E-state index in [4.69, 9.17) is 0 Å². The fraction of sp³-hybridized carbons (Fsp3) is 0.458. The maximum Gasteiger partial charge on any atom is 0.230 e. The van der Waals surface area contributed by atoms with E-state index in [1.165, 1.54) is 12.8 Å². The van der Waals surface area contributed by atoms with Gasteiger partial charge >= 0.3 is 0 Å². The van der Waals surface area contributed by atoms with Gasteiger partial charge in [0.2, 0.25) is 11.8 Å². The van der Waals surface area contributed by atoms with Gasteiger partial charge in [-0.3, -0.25) is 14.6 Å². The molecule has 1 aromatic carbocycles. The van der Waals surface area contributed by atoms with Crippen molar-refractivity contribution in [3.05, 3.63) is 66.0 Å². The van der Waals surface area contributed by atoms with Crippen LogP contribution in [-0.2, 0) is 16.1 Å². The number of carbonyl (C=O) groups is 2. The third-order valence-corrected chi connectivity index (χ3v) is 6.32. The topological polar surface area (TPSA) is 53.5 Å². The molecule has 1 saturated heterocycles. The highest BCUT2D eigenvalue weighted by Gasteiger charge is 2.35. The second kappa shape index (κ2) is 9.21. The fourth-order valence-electron chi connectivity index (χ4n) is 4.73. The molecular weight excluding hydrogens is 362 g/mol. The highest BCUT2D eigenvalue weighted by atomic mass is 16.2. The molecule has 2 heterocycles. The van der Waals surface area contributed by atoms with Gasteiger partial charge in [-0.25, -0.2) is 0 Å². The quantitative estimate of drug-likeness (QED) is 0.782. The molecule has 5 nitrogen and oxygen atoms in total. The van der Waals surface area contributed by atoms with Crippen LogP contribution >= 0.6 is 0 Å². The lowest BCUT2D eigenvalue weighted by atomic mass is 9.83. The van der Waals surface area contributed by atoms with Crippen molar-refractivity contribution in [2.24, 2.45) is 5.92 Å². The summed E-state index contributed by atoms with van der Waals surface area (Å²) < 4.78 is 0. The maximum absolute atomic E-state index is 13.6. The third-order valence-electron chi connectivity index (χ3n) is 6.32. The predicted molar refractivity (Wildman–Crippen MR) is 112 cm³/mol. The molecule has 4 rings (SSSR count). The molecule has 5 heteroatoms. The first-order valence-electron chi connectivity index (χ1n) is 10.7. The summed E-state index contributed by atoms with van der Waals surface area (Å²) in [6.45, 7) is 2.28. The first kappa shape index (κ1) is 19.6. The minimum atomic E-state index is -0.0828. The molecule has 152 valence electrons. The molecular formula is C24H29N3O2. The number of amides is 2. The lowest BCUT2D eigenvalue weighted by molar-refractivity contribution is -0.134. The number of hydrogen-bond donors (Lipinski definition) is 0. The molecule has 0 spiro atoms. The van der Waals surface area contributed by atoms with Crippen molar-refractivity contribution < 1.29 is 9.59 Å². The number of benzene rings is 1. The monoisotopic (exact) mass is 391 g/mol. The average molecular weight is 392 g/mol. The zero-order valence-corrected chi connectivity index (χ0v) is 16.9. The molecule has 2 fully saturated rings. The molecule has 1 atom stereocenters. The van der Waals surface area contributed by atoms with E-state index in [0.29, 0.717) is 38.5 Å². The number of hydrogen-bond acceptors (Lipinski definition) is 3. The Kier molecular flexibility index (Phi) is 6.23. The Morgan fingerprint density at radius 3 is 2.45 bits per heavy atom. The second-order valence-corrected chi connectivity index (χ2v) is 8.18. The molecule has 1 saturated carbocycles. The summed E-state index contributed by atoms with van der Waals surface area (Å²) in [6, 6.07) is 14.1. The molecule has 2 amide bonds. The summed E-state index contributed by atoms with van der Waals surface area (Å²) in [4.78, 5) is 34.1. The molecule has 2 aromatic rings. The van der Waals surface area contributed by atoms with Crippen LogP contribution in [0.2, 0.25) is 0 Å². The Labute approximate surface area is 172 Å². The Morgan fingerprint density at radius 2 is 1.72 bits per heavy atom. The summed E-state index contributed by atoms with van der Waals surface area (Å²) in [5.41, 5.74) is 2.19. The lowest BCUT2D eigenvalue weighted by Gasteiger charge is -2.30.